The molecule has 0 aliphatic carbocycles. The van der Waals surface area contributed by atoms with Crippen molar-refractivity contribution >= 4 is 11.9 Å². The first-order valence-corrected chi connectivity index (χ1v) is 11.5. The van der Waals surface area contributed by atoms with Gasteiger partial charge in [-0.3, -0.25) is 4.79 Å². The number of aliphatic hydroxyl groups is 1. The Morgan fingerprint density at radius 1 is 1.00 bits per heavy atom. The predicted octanol–water partition coefficient (Wildman–Crippen LogP) is 4.44. The molecule has 1 aromatic heterocycles. The lowest BCUT2D eigenvalue weighted by Gasteiger charge is -2.29. The van der Waals surface area contributed by atoms with E-state index in [0.29, 0.717) is 28.9 Å². The van der Waals surface area contributed by atoms with Crippen molar-refractivity contribution in [1.82, 2.24) is 14.8 Å². The zero-order valence-electron chi connectivity index (χ0n) is 20.7. The molecule has 0 aliphatic rings. The third-order valence-electron chi connectivity index (χ3n) is 5.74. The molecule has 0 amide bonds. The fourth-order valence-corrected chi connectivity index (χ4v) is 3.77. The van der Waals surface area contributed by atoms with E-state index in [2.05, 4.69) is 10.1 Å². The number of ether oxygens (including phenoxy) is 3. The van der Waals surface area contributed by atoms with Gasteiger partial charge in [-0.15, -0.1) is 0 Å². The Labute approximate surface area is 217 Å². The van der Waals surface area contributed by atoms with E-state index >= 15 is 0 Å². The summed E-state index contributed by atoms with van der Waals surface area (Å²) in [4.78, 5) is 16.5. The zero-order valence-corrected chi connectivity index (χ0v) is 20.7. The summed E-state index contributed by atoms with van der Waals surface area (Å²) >= 11 is 0. The Bertz CT molecular complexity index is 1400. The first-order chi connectivity index (χ1) is 18.3. The lowest BCUT2D eigenvalue weighted by molar-refractivity contribution is -0.0297. The molecule has 1 atom stereocenters. The molecule has 0 fully saturated rings. The Hall–Kier alpha value is -4.57. The van der Waals surface area contributed by atoms with Crippen LogP contribution in [0.2, 0.25) is 0 Å². The van der Waals surface area contributed by atoms with Crippen LogP contribution < -0.4 is 14.2 Å². The fraction of sp³-hybridized carbons (Fsp3) is 0.179. The van der Waals surface area contributed by atoms with Gasteiger partial charge >= 0.3 is 0 Å². The summed E-state index contributed by atoms with van der Waals surface area (Å²) in [5, 5.41) is 15.3. The molecule has 8 nitrogen and oxygen atoms in total. The standard InChI is InChI=1S/C28H25F2N3O5/c1-36-23-11-19(12-24(14-23)37-2)3-10-27(34)20-4-7-22(8-5-20)38-16-28(35,15-33-18-31-17-32-33)25-9-6-21(29)13-26(25)30/h3-14,17-18,35H,15-16H2,1-2H3. The highest BCUT2D eigenvalue weighted by molar-refractivity contribution is 6.06. The van der Waals surface area contributed by atoms with Gasteiger partial charge in [0, 0.05) is 23.3 Å². The summed E-state index contributed by atoms with van der Waals surface area (Å²) in [5.41, 5.74) is -0.902. The minimum Gasteiger partial charge on any atom is -0.497 e. The van der Waals surface area contributed by atoms with Crippen LogP contribution in [0.25, 0.3) is 6.08 Å². The summed E-state index contributed by atoms with van der Waals surface area (Å²) < 4.78 is 45.6. The van der Waals surface area contributed by atoms with E-state index in [1.165, 1.54) is 23.4 Å². The molecular formula is C28H25F2N3O5. The molecule has 4 rings (SSSR count). The number of benzene rings is 3. The molecule has 0 spiro atoms. The van der Waals surface area contributed by atoms with Gasteiger partial charge in [0.05, 0.1) is 20.8 Å². The Kier molecular flexibility index (Phi) is 8.12. The van der Waals surface area contributed by atoms with Gasteiger partial charge in [-0.1, -0.05) is 12.1 Å². The van der Waals surface area contributed by atoms with Crippen LogP contribution >= 0.6 is 0 Å². The summed E-state index contributed by atoms with van der Waals surface area (Å²) in [5.74, 6) is -0.394. The minimum absolute atomic E-state index is 0.152. The smallest absolute Gasteiger partial charge is 0.185 e. The van der Waals surface area contributed by atoms with Crippen LogP contribution in [0.5, 0.6) is 17.2 Å². The van der Waals surface area contributed by atoms with E-state index in [-0.39, 0.29) is 24.5 Å². The van der Waals surface area contributed by atoms with Gasteiger partial charge < -0.3 is 19.3 Å². The van der Waals surface area contributed by atoms with E-state index in [9.17, 15) is 18.7 Å². The van der Waals surface area contributed by atoms with Gasteiger partial charge in [0.2, 0.25) is 0 Å². The zero-order chi connectivity index (χ0) is 27.1. The van der Waals surface area contributed by atoms with Crippen molar-refractivity contribution in [2.45, 2.75) is 12.1 Å². The second-order valence-electron chi connectivity index (χ2n) is 8.41. The molecule has 0 saturated heterocycles. The number of hydrogen-bond donors (Lipinski definition) is 1. The molecule has 1 unspecified atom stereocenters. The summed E-state index contributed by atoms with van der Waals surface area (Å²) in [6.07, 6.45) is 5.72. The van der Waals surface area contributed by atoms with E-state index < -0.39 is 17.2 Å². The second kappa shape index (κ2) is 11.7. The van der Waals surface area contributed by atoms with Crippen molar-refractivity contribution in [3.05, 3.63) is 108 Å². The normalized spacial score (nSPS) is 12.8. The van der Waals surface area contributed by atoms with Crippen LogP contribution in [-0.4, -0.2) is 46.5 Å². The van der Waals surface area contributed by atoms with E-state index in [4.69, 9.17) is 14.2 Å². The Balaban J connectivity index is 1.47. The van der Waals surface area contributed by atoms with E-state index in [1.807, 2.05) is 0 Å². The van der Waals surface area contributed by atoms with Gasteiger partial charge in [0.25, 0.3) is 0 Å². The van der Waals surface area contributed by atoms with E-state index in [1.54, 1.807) is 62.8 Å². The van der Waals surface area contributed by atoms with Gasteiger partial charge in [0.1, 0.15) is 53.7 Å². The van der Waals surface area contributed by atoms with Crippen molar-refractivity contribution in [2.75, 3.05) is 20.8 Å². The number of allylic oxidation sites excluding steroid dienone is 1. The number of aromatic nitrogens is 3. The maximum Gasteiger partial charge on any atom is 0.185 e. The maximum atomic E-state index is 14.6. The highest BCUT2D eigenvalue weighted by Crippen LogP contribution is 2.28. The molecule has 4 aromatic rings. The van der Waals surface area contributed by atoms with Crippen molar-refractivity contribution in [1.29, 1.82) is 0 Å². The maximum absolute atomic E-state index is 14.6. The quantitative estimate of drug-likeness (QED) is 0.230. The van der Waals surface area contributed by atoms with Gasteiger partial charge in [-0.05, 0) is 54.1 Å². The number of methoxy groups -OCH3 is 2. The lowest BCUT2D eigenvalue weighted by atomic mass is 9.94. The van der Waals surface area contributed by atoms with Gasteiger partial charge in [0.15, 0.2) is 5.78 Å². The van der Waals surface area contributed by atoms with Gasteiger partial charge in [-0.2, -0.15) is 5.10 Å². The fourth-order valence-electron chi connectivity index (χ4n) is 3.77. The third-order valence-corrected chi connectivity index (χ3v) is 5.74. The van der Waals surface area contributed by atoms with Crippen molar-refractivity contribution in [2.24, 2.45) is 0 Å². The van der Waals surface area contributed by atoms with Crippen LogP contribution in [0, 0.1) is 11.6 Å². The number of hydrogen-bond acceptors (Lipinski definition) is 7. The average Bonchev–Trinajstić information content (AvgIpc) is 3.43. The number of carbonyl (C=O) groups excluding carboxylic acids is 1. The SMILES string of the molecule is COc1cc(C=CC(=O)c2ccc(OCC(O)(Cn3cncn3)c3ccc(F)cc3F)cc2)cc(OC)c1. The minimum atomic E-state index is -1.89. The molecule has 3 aromatic carbocycles. The Morgan fingerprint density at radius 2 is 1.71 bits per heavy atom. The topological polar surface area (TPSA) is 95.7 Å². The number of ketones is 1. The highest BCUT2D eigenvalue weighted by Gasteiger charge is 2.34. The molecular weight excluding hydrogens is 496 g/mol. The van der Waals surface area contributed by atoms with Crippen molar-refractivity contribution in [3.63, 3.8) is 0 Å². The van der Waals surface area contributed by atoms with Crippen molar-refractivity contribution in [3.8, 4) is 17.2 Å². The van der Waals surface area contributed by atoms with Crippen LogP contribution in [0.3, 0.4) is 0 Å². The number of carbonyl (C=O) groups is 1. The monoisotopic (exact) mass is 521 g/mol. The molecule has 0 aliphatic heterocycles. The van der Waals surface area contributed by atoms with Crippen LogP contribution in [-0.2, 0) is 12.1 Å². The predicted molar refractivity (Wildman–Crippen MR) is 135 cm³/mol. The molecule has 0 saturated carbocycles. The number of nitrogens with zero attached hydrogens (tertiary/aromatic N) is 3. The largest absolute Gasteiger partial charge is 0.497 e. The second-order valence-corrected chi connectivity index (χ2v) is 8.41. The highest BCUT2D eigenvalue weighted by atomic mass is 19.1. The molecule has 196 valence electrons. The Morgan fingerprint density at radius 3 is 2.32 bits per heavy atom. The van der Waals surface area contributed by atoms with Crippen molar-refractivity contribution < 1.29 is 32.9 Å². The lowest BCUT2D eigenvalue weighted by Crippen LogP contribution is -2.39. The van der Waals surface area contributed by atoms with Crippen LogP contribution in [0.1, 0.15) is 21.5 Å². The average molecular weight is 522 g/mol. The summed E-state index contributed by atoms with van der Waals surface area (Å²) in [7, 11) is 3.09. The molecule has 1 N–H and O–H groups in total. The number of rotatable bonds is 11. The van der Waals surface area contributed by atoms with E-state index in [0.717, 1.165) is 17.7 Å². The van der Waals surface area contributed by atoms with Crippen LogP contribution in [0.15, 0.2) is 79.4 Å². The van der Waals surface area contributed by atoms with Gasteiger partial charge in [-0.25, -0.2) is 18.4 Å². The van der Waals surface area contributed by atoms with Crippen LogP contribution in [0.4, 0.5) is 8.78 Å². The molecule has 0 radical (unpaired) electrons. The molecule has 38 heavy (non-hydrogen) atoms. The summed E-state index contributed by atoms with van der Waals surface area (Å²) in [6, 6.07) is 14.5. The number of halogens is 2. The summed E-state index contributed by atoms with van der Waals surface area (Å²) in [6.45, 7) is -0.563. The first-order valence-electron chi connectivity index (χ1n) is 11.5. The third kappa shape index (κ3) is 6.40. The first kappa shape index (κ1) is 26.5. The molecule has 1 heterocycles. The molecule has 0 bridgehead atoms. The molecule has 10 heteroatoms.